The maximum absolute atomic E-state index is 12.0. The molecule has 1 heterocycles. The summed E-state index contributed by atoms with van der Waals surface area (Å²) in [7, 11) is 0. The maximum Gasteiger partial charge on any atom is 0.242 e. The Hall–Kier alpha value is -0.570. The van der Waals surface area contributed by atoms with Crippen molar-refractivity contribution in [2.24, 2.45) is 0 Å². The Bertz CT molecular complexity index is 233. The van der Waals surface area contributed by atoms with Crippen LogP contribution in [-0.2, 0) is 4.79 Å². The van der Waals surface area contributed by atoms with Crippen LogP contribution in [0.2, 0.25) is 0 Å². The van der Waals surface area contributed by atoms with E-state index >= 15 is 0 Å². The molecule has 0 bridgehead atoms. The average Bonchev–Trinajstić information content (AvgIpc) is 2.83. The molecule has 2 aliphatic rings. The molecule has 0 spiro atoms. The van der Waals surface area contributed by atoms with Gasteiger partial charge in [-0.2, -0.15) is 0 Å². The lowest BCUT2D eigenvalue weighted by Gasteiger charge is -2.42. The Balaban J connectivity index is 2.17. The van der Waals surface area contributed by atoms with E-state index in [9.17, 15) is 4.79 Å². The summed E-state index contributed by atoms with van der Waals surface area (Å²) in [6, 6.07) is 0.914. The second-order valence-electron chi connectivity index (χ2n) is 4.80. The Kier molecular flexibility index (Phi) is 1.88. The summed E-state index contributed by atoms with van der Waals surface area (Å²) in [5.74, 6) is 0.272. The van der Waals surface area contributed by atoms with Gasteiger partial charge in [0.25, 0.3) is 0 Å². The van der Waals surface area contributed by atoms with Gasteiger partial charge in [-0.15, -0.1) is 0 Å². The Morgan fingerprint density at radius 3 is 2.62 bits per heavy atom. The summed E-state index contributed by atoms with van der Waals surface area (Å²) in [4.78, 5) is 14.1. The van der Waals surface area contributed by atoms with Crippen LogP contribution in [0, 0.1) is 0 Å². The van der Waals surface area contributed by atoms with E-state index < -0.39 is 0 Å². The van der Waals surface area contributed by atoms with E-state index in [1.807, 2.05) is 13.8 Å². The molecule has 3 heteroatoms. The molecule has 1 saturated heterocycles. The van der Waals surface area contributed by atoms with Gasteiger partial charge in [-0.1, -0.05) is 0 Å². The number of hydrogen-bond acceptors (Lipinski definition) is 2. The molecule has 0 aromatic heterocycles. The predicted molar refractivity (Wildman–Crippen MR) is 51.4 cm³/mol. The van der Waals surface area contributed by atoms with Gasteiger partial charge in [0.05, 0.1) is 5.54 Å². The molecule has 3 nitrogen and oxygen atoms in total. The fourth-order valence-electron chi connectivity index (χ4n) is 1.98. The van der Waals surface area contributed by atoms with E-state index in [0.717, 1.165) is 6.54 Å². The predicted octanol–water partition coefficient (Wildman–Crippen LogP) is 0.748. The monoisotopic (exact) mass is 182 g/mol. The number of hydrogen-bond donors (Lipinski definition) is 1. The Morgan fingerprint density at radius 1 is 1.46 bits per heavy atom. The first kappa shape index (κ1) is 9.00. The lowest BCUT2D eigenvalue weighted by Crippen LogP contribution is -2.65. The summed E-state index contributed by atoms with van der Waals surface area (Å²) < 4.78 is 0. The van der Waals surface area contributed by atoms with E-state index in [4.69, 9.17) is 0 Å². The minimum atomic E-state index is -0.352. The van der Waals surface area contributed by atoms with Crippen LogP contribution in [0.1, 0.15) is 33.6 Å². The molecule has 2 fully saturated rings. The van der Waals surface area contributed by atoms with Gasteiger partial charge in [-0.05, 0) is 33.6 Å². The van der Waals surface area contributed by atoms with E-state index in [1.165, 1.54) is 12.8 Å². The molecule has 1 saturated carbocycles. The lowest BCUT2D eigenvalue weighted by molar-refractivity contribution is -0.143. The zero-order valence-electron chi connectivity index (χ0n) is 8.63. The topological polar surface area (TPSA) is 32.3 Å². The third-order valence-corrected chi connectivity index (χ3v) is 3.02. The summed E-state index contributed by atoms with van der Waals surface area (Å²) in [6.45, 7) is 6.99. The zero-order chi connectivity index (χ0) is 9.64. The quantitative estimate of drug-likeness (QED) is 0.649. The Labute approximate surface area is 79.5 Å². The number of nitrogens with zero attached hydrogens (tertiary/aromatic N) is 1. The minimum absolute atomic E-state index is 0.272. The van der Waals surface area contributed by atoms with Crippen LogP contribution in [0.15, 0.2) is 0 Å². The summed E-state index contributed by atoms with van der Waals surface area (Å²) in [5.41, 5.74) is -0.352. The third-order valence-electron chi connectivity index (χ3n) is 3.02. The largest absolute Gasteiger partial charge is 0.334 e. The van der Waals surface area contributed by atoms with E-state index in [1.54, 1.807) is 0 Å². The van der Waals surface area contributed by atoms with Gasteiger partial charge in [-0.25, -0.2) is 0 Å². The first-order valence-corrected chi connectivity index (χ1v) is 5.10. The average molecular weight is 182 g/mol. The standard InChI is InChI=1S/C10H18N2O/c1-7-6-11-10(2,3)9(13)12(7)8-4-5-8/h7-8,11H,4-6H2,1-3H3. The van der Waals surface area contributed by atoms with Crippen LogP contribution >= 0.6 is 0 Å². The van der Waals surface area contributed by atoms with Crippen LogP contribution in [0.5, 0.6) is 0 Å². The first-order chi connectivity index (χ1) is 6.02. The van der Waals surface area contributed by atoms with Crippen molar-refractivity contribution in [2.75, 3.05) is 6.54 Å². The van der Waals surface area contributed by atoms with Gasteiger partial charge in [0.15, 0.2) is 0 Å². The van der Waals surface area contributed by atoms with Gasteiger partial charge >= 0.3 is 0 Å². The third kappa shape index (κ3) is 1.46. The van der Waals surface area contributed by atoms with Gasteiger partial charge in [-0.3, -0.25) is 4.79 Å². The summed E-state index contributed by atoms with van der Waals surface area (Å²) in [6.07, 6.45) is 2.40. The fourth-order valence-corrected chi connectivity index (χ4v) is 1.98. The van der Waals surface area contributed by atoms with Crippen molar-refractivity contribution in [1.29, 1.82) is 0 Å². The van der Waals surface area contributed by atoms with Crippen molar-refractivity contribution in [3.05, 3.63) is 0 Å². The highest BCUT2D eigenvalue weighted by atomic mass is 16.2. The zero-order valence-corrected chi connectivity index (χ0v) is 8.63. The molecule has 1 N–H and O–H groups in total. The molecule has 0 aromatic carbocycles. The van der Waals surface area contributed by atoms with Crippen LogP contribution in [0.3, 0.4) is 0 Å². The smallest absolute Gasteiger partial charge is 0.242 e. The number of nitrogens with one attached hydrogen (secondary N) is 1. The number of piperazine rings is 1. The number of amides is 1. The van der Waals surface area contributed by atoms with Crippen LogP contribution in [-0.4, -0.2) is 35.0 Å². The van der Waals surface area contributed by atoms with Crippen molar-refractivity contribution in [2.45, 2.75) is 51.2 Å². The molecule has 1 atom stereocenters. The molecule has 0 aromatic rings. The SMILES string of the molecule is CC1CNC(C)(C)C(=O)N1C1CC1. The fraction of sp³-hybridized carbons (Fsp3) is 0.900. The molecule has 1 aliphatic carbocycles. The Morgan fingerprint density at radius 2 is 2.08 bits per heavy atom. The van der Waals surface area contributed by atoms with E-state index in [2.05, 4.69) is 17.1 Å². The van der Waals surface area contributed by atoms with Crippen molar-refractivity contribution < 1.29 is 4.79 Å². The van der Waals surface area contributed by atoms with Gasteiger partial charge in [0.1, 0.15) is 0 Å². The molecule has 1 unspecified atom stereocenters. The molecule has 74 valence electrons. The first-order valence-electron chi connectivity index (χ1n) is 5.10. The maximum atomic E-state index is 12.0. The summed E-state index contributed by atoms with van der Waals surface area (Å²) in [5, 5.41) is 3.28. The van der Waals surface area contributed by atoms with Crippen molar-refractivity contribution in [3.63, 3.8) is 0 Å². The normalized spacial score (nSPS) is 33.6. The van der Waals surface area contributed by atoms with Crippen LogP contribution < -0.4 is 5.32 Å². The molecule has 13 heavy (non-hydrogen) atoms. The lowest BCUT2D eigenvalue weighted by atomic mass is 9.98. The summed E-state index contributed by atoms with van der Waals surface area (Å²) >= 11 is 0. The van der Waals surface area contributed by atoms with Crippen LogP contribution in [0.25, 0.3) is 0 Å². The molecule has 1 amide bonds. The minimum Gasteiger partial charge on any atom is -0.334 e. The number of rotatable bonds is 1. The number of carbonyl (C=O) groups excluding carboxylic acids is 1. The number of carbonyl (C=O) groups is 1. The van der Waals surface area contributed by atoms with Gasteiger partial charge < -0.3 is 10.2 Å². The van der Waals surface area contributed by atoms with Gasteiger partial charge in [0, 0.05) is 18.6 Å². The highest BCUT2D eigenvalue weighted by Crippen LogP contribution is 2.32. The highest BCUT2D eigenvalue weighted by molar-refractivity contribution is 5.87. The highest BCUT2D eigenvalue weighted by Gasteiger charge is 2.44. The van der Waals surface area contributed by atoms with Crippen molar-refractivity contribution in [3.8, 4) is 0 Å². The molecule has 0 radical (unpaired) electrons. The van der Waals surface area contributed by atoms with Crippen molar-refractivity contribution in [1.82, 2.24) is 10.2 Å². The van der Waals surface area contributed by atoms with Crippen molar-refractivity contribution >= 4 is 5.91 Å². The van der Waals surface area contributed by atoms with E-state index in [-0.39, 0.29) is 11.4 Å². The van der Waals surface area contributed by atoms with E-state index in [0.29, 0.717) is 12.1 Å². The second-order valence-corrected chi connectivity index (χ2v) is 4.80. The van der Waals surface area contributed by atoms with Crippen LogP contribution in [0.4, 0.5) is 0 Å². The molecular formula is C10H18N2O. The molecule has 2 rings (SSSR count). The second kappa shape index (κ2) is 2.71. The van der Waals surface area contributed by atoms with Gasteiger partial charge in [0.2, 0.25) is 5.91 Å². The molecule has 1 aliphatic heterocycles. The molecular weight excluding hydrogens is 164 g/mol.